The normalized spacial score (nSPS) is 16.7. The molecular formula is C9H21O6PS. The maximum atomic E-state index is 11.3. The van der Waals surface area contributed by atoms with Gasteiger partial charge < -0.3 is 18.9 Å². The summed E-state index contributed by atoms with van der Waals surface area (Å²) >= 11 is 0.431. The summed E-state index contributed by atoms with van der Waals surface area (Å²) < 4.78 is 25.6. The van der Waals surface area contributed by atoms with E-state index in [1.54, 1.807) is 7.11 Å². The van der Waals surface area contributed by atoms with Crippen molar-refractivity contribution in [1.82, 2.24) is 0 Å². The lowest BCUT2D eigenvalue weighted by Crippen LogP contribution is -2.09. The second-order valence-corrected chi connectivity index (χ2v) is 7.00. The van der Waals surface area contributed by atoms with Crippen LogP contribution in [0, 0.1) is 5.92 Å². The first-order valence-electron chi connectivity index (χ1n) is 5.35. The number of methoxy groups -OCH3 is 1. The summed E-state index contributed by atoms with van der Waals surface area (Å²) in [4.78, 5) is 9.23. The number of hydrogen-bond donors (Lipinski definition) is 2. The first kappa shape index (κ1) is 17.4. The average molecular weight is 288 g/mol. The molecule has 0 saturated heterocycles. The van der Waals surface area contributed by atoms with Crippen LogP contribution in [0.4, 0.5) is 0 Å². The zero-order valence-corrected chi connectivity index (χ0v) is 11.9. The lowest BCUT2D eigenvalue weighted by Gasteiger charge is -2.16. The molecule has 0 aliphatic rings. The van der Waals surface area contributed by atoms with Crippen molar-refractivity contribution >= 4 is 18.5 Å². The average Bonchev–Trinajstić information content (AvgIpc) is 2.25. The van der Waals surface area contributed by atoms with E-state index in [4.69, 9.17) is 14.4 Å². The van der Waals surface area contributed by atoms with E-state index in [0.29, 0.717) is 31.1 Å². The lowest BCUT2D eigenvalue weighted by atomic mass is 9.99. The third kappa shape index (κ3) is 10.0. The van der Waals surface area contributed by atoms with Crippen LogP contribution in [0.2, 0.25) is 0 Å². The van der Waals surface area contributed by atoms with E-state index in [2.05, 4.69) is 4.18 Å². The van der Waals surface area contributed by atoms with Gasteiger partial charge in [0.2, 0.25) is 0 Å². The van der Waals surface area contributed by atoms with Crippen LogP contribution >= 0.6 is 18.5 Å². The maximum absolute atomic E-state index is 11.3. The molecule has 0 saturated carbocycles. The fraction of sp³-hybridized carbons (Fsp3) is 1.00. The first-order valence-corrected chi connectivity index (χ1v) is 8.27. The molecule has 0 aromatic heterocycles. The van der Waals surface area contributed by atoms with Gasteiger partial charge in [-0.05, 0) is 25.2 Å². The Kier molecular flexibility index (Phi) is 10.5. The molecule has 2 atom stereocenters. The maximum Gasteiger partial charge on any atom is 0.413 e. The number of ether oxygens (including phenoxy) is 1. The van der Waals surface area contributed by atoms with Crippen LogP contribution in [-0.4, -0.2) is 44.0 Å². The van der Waals surface area contributed by atoms with E-state index in [-0.39, 0.29) is 19.1 Å². The smallest absolute Gasteiger partial charge is 0.396 e. The molecule has 0 aromatic rings. The van der Waals surface area contributed by atoms with Gasteiger partial charge in [0.05, 0.1) is 13.7 Å². The molecule has 0 spiro atoms. The molecule has 104 valence electrons. The Balaban J connectivity index is 3.83. The van der Waals surface area contributed by atoms with Crippen molar-refractivity contribution in [3.05, 3.63) is 0 Å². The van der Waals surface area contributed by atoms with Crippen LogP contribution in [0.3, 0.4) is 0 Å². The van der Waals surface area contributed by atoms with Crippen molar-refractivity contribution in [2.75, 3.05) is 34.0 Å². The summed E-state index contributed by atoms with van der Waals surface area (Å²) in [5.41, 5.74) is 0. The highest BCUT2D eigenvalue weighted by Crippen LogP contribution is 2.55. The summed E-state index contributed by atoms with van der Waals surface area (Å²) in [7, 11) is 2.92. The van der Waals surface area contributed by atoms with Crippen LogP contribution in [0.1, 0.15) is 19.3 Å². The monoisotopic (exact) mass is 288 g/mol. The highest BCUT2D eigenvalue weighted by Gasteiger charge is 2.21. The molecule has 0 heterocycles. The second-order valence-electron chi connectivity index (χ2n) is 3.49. The number of aliphatic hydroxyl groups excluding tert-OH is 1. The molecule has 2 N–H and O–H groups in total. The van der Waals surface area contributed by atoms with Crippen molar-refractivity contribution < 1.29 is 28.0 Å². The minimum absolute atomic E-state index is 0.0952. The highest BCUT2D eigenvalue weighted by atomic mass is 32.7. The zero-order chi connectivity index (χ0) is 13.1. The van der Waals surface area contributed by atoms with Gasteiger partial charge in [-0.3, -0.25) is 4.52 Å². The number of aliphatic hydroxyl groups is 1. The van der Waals surface area contributed by atoms with Gasteiger partial charge in [0, 0.05) is 20.3 Å². The Labute approximate surface area is 106 Å². The van der Waals surface area contributed by atoms with Gasteiger partial charge in [-0.1, -0.05) is 0 Å². The van der Waals surface area contributed by atoms with Crippen LogP contribution in [0.25, 0.3) is 0 Å². The van der Waals surface area contributed by atoms with E-state index >= 15 is 0 Å². The van der Waals surface area contributed by atoms with Gasteiger partial charge in [-0.25, -0.2) is 4.57 Å². The van der Waals surface area contributed by atoms with Crippen molar-refractivity contribution in [2.24, 2.45) is 5.92 Å². The van der Waals surface area contributed by atoms with Crippen LogP contribution < -0.4 is 0 Å². The minimum atomic E-state index is -3.69. The Morgan fingerprint density at radius 2 is 1.88 bits per heavy atom. The van der Waals surface area contributed by atoms with Crippen LogP contribution in [0.15, 0.2) is 0 Å². The number of hydrogen-bond acceptors (Lipinski definition) is 6. The fourth-order valence-electron chi connectivity index (χ4n) is 1.35. The fourth-order valence-corrected chi connectivity index (χ4v) is 2.84. The minimum Gasteiger partial charge on any atom is -0.396 e. The molecule has 2 unspecified atom stereocenters. The summed E-state index contributed by atoms with van der Waals surface area (Å²) in [5.74, 6) is 0.229. The molecule has 0 radical (unpaired) electrons. The molecule has 0 aliphatic carbocycles. The quantitative estimate of drug-likeness (QED) is 0.443. The van der Waals surface area contributed by atoms with Crippen molar-refractivity contribution in [1.29, 1.82) is 0 Å². The van der Waals surface area contributed by atoms with E-state index in [1.807, 2.05) is 0 Å². The van der Waals surface area contributed by atoms with E-state index in [9.17, 15) is 9.46 Å². The Morgan fingerprint density at radius 3 is 2.41 bits per heavy atom. The van der Waals surface area contributed by atoms with Gasteiger partial charge >= 0.3 is 6.80 Å². The van der Waals surface area contributed by atoms with E-state index in [0.717, 1.165) is 6.42 Å². The molecule has 0 aliphatic heterocycles. The Bertz CT molecular complexity index is 228. The SMILES string of the molecule is COCCC(CCO)CCOP(=O)(O)SOC. The molecule has 6 nitrogen and oxygen atoms in total. The molecule has 0 rings (SSSR count). The van der Waals surface area contributed by atoms with Gasteiger partial charge in [0.15, 0.2) is 0 Å². The standard InChI is InChI=1S/C9H21O6PS/c1-13-7-4-9(3-6-10)5-8-15-16(11,12)17-14-2/h9-10H,3-8H2,1-2H3,(H,11,12). The van der Waals surface area contributed by atoms with Crippen molar-refractivity contribution in [3.8, 4) is 0 Å². The topological polar surface area (TPSA) is 85.2 Å². The molecular weight excluding hydrogens is 267 g/mol. The highest BCUT2D eigenvalue weighted by molar-refractivity contribution is 8.52. The lowest BCUT2D eigenvalue weighted by molar-refractivity contribution is 0.152. The third-order valence-electron chi connectivity index (χ3n) is 2.22. The van der Waals surface area contributed by atoms with Gasteiger partial charge in [-0.2, -0.15) is 0 Å². The summed E-state index contributed by atoms with van der Waals surface area (Å²) in [6.07, 6.45) is 2.05. The molecule has 0 fully saturated rings. The predicted molar refractivity (Wildman–Crippen MR) is 66.7 cm³/mol. The van der Waals surface area contributed by atoms with Crippen molar-refractivity contribution in [2.45, 2.75) is 19.3 Å². The van der Waals surface area contributed by atoms with Crippen molar-refractivity contribution in [3.63, 3.8) is 0 Å². The third-order valence-corrected chi connectivity index (χ3v) is 4.39. The first-order chi connectivity index (χ1) is 8.05. The molecule has 17 heavy (non-hydrogen) atoms. The number of rotatable bonds is 11. The van der Waals surface area contributed by atoms with Crippen LogP contribution in [-0.2, 0) is 18.0 Å². The molecule has 0 amide bonds. The molecule has 0 bridgehead atoms. The summed E-state index contributed by atoms with van der Waals surface area (Å²) in [6, 6.07) is 0. The van der Waals surface area contributed by atoms with Gasteiger partial charge in [0.1, 0.15) is 11.7 Å². The van der Waals surface area contributed by atoms with Gasteiger partial charge in [-0.15, -0.1) is 0 Å². The molecule has 8 heteroatoms. The van der Waals surface area contributed by atoms with Crippen LogP contribution in [0.5, 0.6) is 0 Å². The van der Waals surface area contributed by atoms with Gasteiger partial charge in [0.25, 0.3) is 0 Å². The second kappa shape index (κ2) is 10.3. The summed E-state index contributed by atoms with van der Waals surface area (Å²) in [5, 5.41) is 8.87. The molecule has 0 aromatic carbocycles. The Hall–Kier alpha value is 0.380. The van der Waals surface area contributed by atoms with E-state index < -0.39 is 6.80 Å². The Morgan fingerprint density at radius 1 is 1.24 bits per heavy atom. The predicted octanol–water partition coefficient (Wildman–Crippen LogP) is 1.82. The van der Waals surface area contributed by atoms with E-state index in [1.165, 1.54) is 7.11 Å². The summed E-state index contributed by atoms with van der Waals surface area (Å²) in [6.45, 7) is -2.83. The zero-order valence-electron chi connectivity index (χ0n) is 10.2. The largest absolute Gasteiger partial charge is 0.413 e.